The number of hydrogen-bond acceptors (Lipinski definition) is 4. The van der Waals surface area contributed by atoms with Crippen LogP contribution >= 0.6 is 0 Å². The molecule has 2 aromatic carbocycles. The zero-order valence-corrected chi connectivity index (χ0v) is 17.4. The van der Waals surface area contributed by atoms with Gasteiger partial charge in [0.2, 0.25) is 5.91 Å². The molecule has 1 aliphatic rings. The Morgan fingerprint density at radius 3 is 2.39 bits per heavy atom. The second kappa shape index (κ2) is 10.0. The van der Waals surface area contributed by atoms with Crippen LogP contribution in [0.5, 0.6) is 11.5 Å². The molecule has 5 nitrogen and oxygen atoms in total. The van der Waals surface area contributed by atoms with E-state index >= 15 is 0 Å². The first-order valence-electron chi connectivity index (χ1n) is 10.7. The highest BCUT2D eigenvalue weighted by Crippen LogP contribution is 2.25. The van der Waals surface area contributed by atoms with Crippen molar-refractivity contribution in [1.29, 1.82) is 0 Å². The average Bonchev–Trinajstić information content (AvgIpc) is 2.84. The van der Waals surface area contributed by atoms with Gasteiger partial charge in [0.25, 0.3) is 0 Å². The maximum atomic E-state index is 13.0. The second-order valence-electron chi connectivity index (χ2n) is 7.84. The molecular formula is C26H26N2O3. The number of aromatic nitrogens is 1. The van der Waals surface area contributed by atoms with Gasteiger partial charge in [-0.25, -0.2) is 0 Å². The van der Waals surface area contributed by atoms with Crippen LogP contribution in [-0.2, 0) is 11.2 Å². The Kier molecular flexibility index (Phi) is 6.72. The van der Waals surface area contributed by atoms with Gasteiger partial charge in [-0.3, -0.25) is 14.6 Å². The van der Waals surface area contributed by atoms with Gasteiger partial charge in [0.05, 0.1) is 0 Å². The van der Waals surface area contributed by atoms with Crippen LogP contribution in [0.4, 0.5) is 0 Å². The van der Waals surface area contributed by atoms with Gasteiger partial charge < -0.3 is 9.64 Å². The minimum atomic E-state index is -0.153. The molecule has 1 saturated heterocycles. The number of benzene rings is 2. The third-order valence-electron chi connectivity index (χ3n) is 5.64. The summed E-state index contributed by atoms with van der Waals surface area (Å²) in [4.78, 5) is 31.6. The summed E-state index contributed by atoms with van der Waals surface area (Å²) < 4.78 is 5.80. The summed E-state index contributed by atoms with van der Waals surface area (Å²) >= 11 is 0. The molecule has 1 atom stereocenters. The number of nitrogens with zero attached hydrogens (tertiary/aromatic N) is 2. The van der Waals surface area contributed by atoms with Crippen molar-refractivity contribution < 1.29 is 14.3 Å². The quantitative estimate of drug-likeness (QED) is 0.515. The number of hydrogen-bond donors (Lipinski definition) is 0. The second-order valence-corrected chi connectivity index (χ2v) is 7.84. The zero-order chi connectivity index (χ0) is 21.5. The van der Waals surface area contributed by atoms with E-state index < -0.39 is 0 Å². The molecule has 1 aliphatic heterocycles. The molecule has 1 amide bonds. The van der Waals surface area contributed by atoms with E-state index in [0.29, 0.717) is 30.7 Å². The number of carbonyl (C=O) groups is 2. The molecule has 0 unspecified atom stereocenters. The molecule has 0 bridgehead atoms. The van der Waals surface area contributed by atoms with Crippen LogP contribution in [0.3, 0.4) is 0 Å². The normalized spacial score (nSPS) is 16.0. The molecule has 158 valence electrons. The Labute approximate surface area is 182 Å². The molecular weight excluding hydrogens is 388 g/mol. The molecule has 2 heterocycles. The van der Waals surface area contributed by atoms with Crippen LogP contribution in [0.1, 0.15) is 35.2 Å². The van der Waals surface area contributed by atoms with E-state index in [0.717, 1.165) is 30.7 Å². The largest absolute Gasteiger partial charge is 0.457 e. The summed E-state index contributed by atoms with van der Waals surface area (Å²) in [5, 5.41) is 0. The molecule has 0 spiro atoms. The van der Waals surface area contributed by atoms with Crippen LogP contribution < -0.4 is 4.74 Å². The SMILES string of the molecule is O=C(c1ccc(Oc2ccccc2)cc1)[C@H]1CCCN(C(=O)CCc2ccncc2)C1. The first-order chi connectivity index (χ1) is 15.2. The summed E-state index contributed by atoms with van der Waals surface area (Å²) in [6, 6.07) is 20.7. The smallest absolute Gasteiger partial charge is 0.222 e. The van der Waals surface area contributed by atoms with Crippen molar-refractivity contribution in [3.8, 4) is 11.5 Å². The van der Waals surface area contributed by atoms with Gasteiger partial charge in [-0.15, -0.1) is 0 Å². The van der Waals surface area contributed by atoms with Crippen LogP contribution in [0.25, 0.3) is 0 Å². The third-order valence-corrected chi connectivity index (χ3v) is 5.64. The van der Waals surface area contributed by atoms with Crippen molar-refractivity contribution in [1.82, 2.24) is 9.88 Å². The summed E-state index contributed by atoms with van der Waals surface area (Å²) in [6.45, 7) is 1.22. The predicted octanol–water partition coefficient (Wildman–Crippen LogP) is 4.93. The lowest BCUT2D eigenvalue weighted by molar-refractivity contribution is -0.132. The van der Waals surface area contributed by atoms with Gasteiger partial charge in [0.1, 0.15) is 11.5 Å². The fourth-order valence-electron chi connectivity index (χ4n) is 3.92. The predicted molar refractivity (Wildman–Crippen MR) is 119 cm³/mol. The molecule has 1 aromatic heterocycles. The Bertz CT molecular complexity index is 1000. The lowest BCUT2D eigenvalue weighted by Crippen LogP contribution is -2.42. The number of carbonyl (C=O) groups excluding carboxylic acids is 2. The third kappa shape index (κ3) is 5.57. The number of ether oxygens (including phenoxy) is 1. The summed E-state index contributed by atoms with van der Waals surface area (Å²) in [6.07, 6.45) is 6.30. The van der Waals surface area contributed by atoms with Crippen molar-refractivity contribution in [3.63, 3.8) is 0 Å². The average molecular weight is 415 g/mol. The Balaban J connectivity index is 1.33. The Morgan fingerprint density at radius 1 is 0.935 bits per heavy atom. The fraction of sp³-hybridized carbons (Fsp3) is 0.269. The minimum absolute atomic E-state index is 0.0953. The van der Waals surface area contributed by atoms with Gasteiger partial charge in [0, 0.05) is 43.4 Å². The van der Waals surface area contributed by atoms with Gasteiger partial charge in [-0.1, -0.05) is 18.2 Å². The molecule has 0 saturated carbocycles. The van der Waals surface area contributed by atoms with E-state index in [1.165, 1.54) is 0 Å². The Hall–Kier alpha value is -3.47. The minimum Gasteiger partial charge on any atom is -0.457 e. The van der Waals surface area contributed by atoms with E-state index in [2.05, 4.69) is 4.98 Å². The summed E-state index contributed by atoms with van der Waals surface area (Å²) in [5.41, 5.74) is 1.77. The summed E-state index contributed by atoms with van der Waals surface area (Å²) in [5.74, 6) is 1.51. The Morgan fingerprint density at radius 2 is 1.65 bits per heavy atom. The highest BCUT2D eigenvalue weighted by atomic mass is 16.5. The zero-order valence-electron chi connectivity index (χ0n) is 17.4. The molecule has 5 heteroatoms. The highest BCUT2D eigenvalue weighted by Gasteiger charge is 2.28. The molecule has 0 radical (unpaired) electrons. The number of piperidine rings is 1. The van der Waals surface area contributed by atoms with Crippen LogP contribution in [0, 0.1) is 5.92 Å². The lowest BCUT2D eigenvalue weighted by atomic mass is 9.89. The van der Waals surface area contributed by atoms with Crippen molar-refractivity contribution in [2.75, 3.05) is 13.1 Å². The van der Waals surface area contributed by atoms with Crippen molar-refractivity contribution >= 4 is 11.7 Å². The van der Waals surface area contributed by atoms with Crippen LogP contribution in [-0.4, -0.2) is 34.7 Å². The number of para-hydroxylation sites is 1. The van der Waals surface area contributed by atoms with E-state index in [1.807, 2.05) is 71.6 Å². The van der Waals surface area contributed by atoms with Crippen molar-refractivity contribution in [3.05, 3.63) is 90.3 Å². The fourth-order valence-corrected chi connectivity index (χ4v) is 3.92. The van der Waals surface area contributed by atoms with E-state index in [-0.39, 0.29) is 17.6 Å². The van der Waals surface area contributed by atoms with Gasteiger partial charge in [-0.2, -0.15) is 0 Å². The first kappa shape index (κ1) is 20.8. The van der Waals surface area contributed by atoms with E-state index in [9.17, 15) is 9.59 Å². The monoisotopic (exact) mass is 414 g/mol. The molecule has 3 aromatic rings. The standard InChI is InChI=1S/C26H26N2O3/c29-25(13-8-20-14-16-27-17-15-20)28-18-4-5-22(19-28)26(30)21-9-11-24(12-10-21)31-23-6-2-1-3-7-23/h1-3,6-7,9-12,14-17,22H,4-5,8,13,18-19H2/t22-/m0/s1. The molecule has 31 heavy (non-hydrogen) atoms. The van der Waals surface area contributed by atoms with Crippen LogP contribution in [0.15, 0.2) is 79.1 Å². The number of Topliss-reactive ketones (excluding diaryl/α,β-unsaturated/α-hetero) is 1. The molecule has 1 fully saturated rings. The number of amides is 1. The number of rotatable bonds is 7. The topological polar surface area (TPSA) is 59.5 Å². The molecule has 4 rings (SSSR count). The summed E-state index contributed by atoms with van der Waals surface area (Å²) in [7, 11) is 0. The molecule has 0 N–H and O–H groups in total. The number of likely N-dealkylation sites (tertiary alicyclic amines) is 1. The first-order valence-corrected chi connectivity index (χ1v) is 10.7. The van der Waals surface area contributed by atoms with Crippen molar-refractivity contribution in [2.24, 2.45) is 5.92 Å². The maximum absolute atomic E-state index is 13.0. The number of aryl methyl sites for hydroxylation is 1. The number of ketones is 1. The van der Waals surface area contributed by atoms with Crippen molar-refractivity contribution in [2.45, 2.75) is 25.7 Å². The van der Waals surface area contributed by atoms with Crippen LogP contribution in [0.2, 0.25) is 0 Å². The molecule has 0 aliphatic carbocycles. The lowest BCUT2D eigenvalue weighted by Gasteiger charge is -2.32. The maximum Gasteiger partial charge on any atom is 0.222 e. The van der Waals surface area contributed by atoms with Gasteiger partial charge >= 0.3 is 0 Å². The van der Waals surface area contributed by atoms with Gasteiger partial charge in [-0.05, 0) is 73.4 Å². The van der Waals surface area contributed by atoms with Gasteiger partial charge in [0.15, 0.2) is 5.78 Å². The number of pyridine rings is 1. The highest BCUT2D eigenvalue weighted by molar-refractivity contribution is 5.98. The van der Waals surface area contributed by atoms with E-state index in [4.69, 9.17) is 4.74 Å². The van der Waals surface area contributed by atoms with E-state index in [1.54, 1.807) is 12.4 Å².